The zero-order valence-electron chi connectivity index (χ0n) is 8.81. The van der Waals surface area contributed by atoms with E-state index in [-0.39, 0.29) is 11.2 Å². The SMILES string of the molecule is Cc1cc(Br)c(C(Cl)c2ccc(Br)c(F)c2)s1. The van der Waals surface area contributed by atoms with Gasteiger partial charge in [-0.25, -0.2) is 4.39 Å². The molecule has 0 bridgehead atoms. The van der Waals surface area contributed by atoms with Crippen molar-refractivity contribution in [1.29, 1.82) is 0 Å². The van der Waals surface area contributed by atoms with Crippen LogP contribution in [0.3, 0.4) is 0 Å². The molecule has 2 rings (SSSR count). The van der Waals surface area contributed by atoms with E-state index in [1.807, 2.05) is 19.1 Å². The molecule has 17 heavy (non-hydrogen) atoms. The van der Waals surface area contributed by atoms with E-state index in [9.17, 15) is 4.39 Å². The first kappa shape index (κ1) is 13.5. The minimum absolute atomic E-state index is 0.294. The van der Waals surface area contributed by atoms with Gasteiger partial charge in [0, 0.05) is 14.2 Å². The quantitative estimate of drug-likeness (QED) is 0.540. The molecule has 0 N–H and O–H groups in total. The van der Waals surface area contributed by atoms with E-state index in [1.165, 1.54) is 10.9 Å². The van der Waals surface area contributed by atoms with Crippen molar-refractivity contribution in [2.75, 3.05) is 0 Å². The van der Waals surface area contributed by atoms with Crippen LogP contribution in [-0.4, -0.2) is 0 Å². The third-order valence-electron chi connectivity index (χ3n) is 2.30. The average molecular weight is 399 g/mol. The van der Waals surface area contributed by atoms with Gasteiger partial charge in [0.15, 0.2) is 0 Å². The Hall–Kier alpha value is 0.1000. The van der Waals surface area contributed by atoms with Gasteiger partial charge < -0.3 is 0 Å². The van der Waals surface area contributed by atoms with Crippen molar-refractivity contribution < 1.29 is 4.39 Å². The van der Waals surface area contributed by atoms with Crippen LogP contribution in [0.2, 0.25) is 0 Å². The highest BCUT2D eigenvalue weighted by Gasteiger charge is 2.17. The predicted molar refractivity (Wildman–Crippen MR) is 78.6 cm³/mol. The molecule has 0 fully saturated rings. The molecule has 1 heterocycles. The number of hydrogen-bond donors (Lipinski definition) is 0. The fourth-order valence-electron chi connectivity index (χ4n) is 1.50. The number of thiophene rings is 1. The summed E-state index contributed by atoms with van der Waals surface area (Å²) >= 11 is 14.6. The second-order valence-electron chi connectivity index (χ2n) is 3.61. The first-order valence-corrected chi connectivity index (χ1v) is 7.68. The summed E-state index contributed by atoms with van der Waals surface area (Å²) < 4.78 is 14.9. The summed E-state index contributed by atoms with van der Waals surface area (Å²) in [6.45, 7) is 2.02. The lowest BCUT2D eigenvalue weighted by molar-refractivity contribution is 0.619. The van der Waals surface area contributed by atoms with Gasteiger partial charge in [-0.15, -0.1) is 22.9 Å². The van der Waals surface area contributed by atoms with Gasteiger partial charge in [0.25, 0.3) is 0 Å². The highest BCUT2D eigenvalue weighted by atomic mass is 79.9. The Kier molecular flexibility index (Phi) is 4.29. The van der Waals surface area contributed by atoms with Crippen molar-refractivity contribution in [3.05, 3.63) is 54.3 Å². The van der Waals surface area contributed by atoms with Gasteiger partial charge in [0.05, 0.1) is 9.85 Å². The van der Waals surface area contributed by atoms with Crippen LogP contribution in [0.5, 0.6) is 0 Å². The molecule has 0 aliphatic rings. The molecule has 1 unspecified atom stereocenters. The molecule has 0 spiro atoms. The van der Waals surface area contributed by atoms with Crippen molar-refractivity contribution in [1.82, 2.24) is 0 Å². The van der Waals surface area contributed by atoms with Gasteiger partial charge in [-0.1, -0.05) is 6.07 Å². The topological polar surface area (TPSA) is 0 Å². The lowest BCUT2D eigenvalue weighted by Crippen LogP contribution is -1.92. The van der Waals surface area contributed by atoms with E-state index < -0.39 is 0 Å². The molecular formula is C12H8Br2ClFS. The maximum atomic E-state index is 13.4. The Labute approximate surface area is 125 Å². The second kappa shape index (κ2) is 5.39. The zero-order chi connectivity index (χ0) is 12.6. The summed E-state index contributed by atoms with van der Waals surface area (Å²) in [4.78, 5) is 2.18. The third-order valence-corrected chi connectivity index (χ3v) is 5.58. The van der Waals surface area contributed by atoms with Gasteiger partial charge in [0.2, 0.25) is 0 Å². The maximum Gasteiger partial charge on any atom is 0.137 e. The number of rotatable bonds is 2. The number of alkyl halides is 1. The molecule has 0 radical (unpaired) electrons. The predicted octanol–water partition coefficient (Wildman–Crippen LogP) is 6.05. The fraction of sp³-hybridized carbons (Fsp3) is 0.167. The number of benzene rings is 1. The standard InChI is InChI=1S/C12H8Br2ClFS/c1-6-4-9(14)12(17-6)11(15)7-2-3-8(13)10(16)5-7/h2-5,11H,1H3. The van der Waals surface area contributed by atoms with E-state index in [4.69, 9.17) is 11.6 Å². The number of hydrogen-bond acceptors (Lipinski definition) is 1. The Balaban J connectivity index is 2.40. The minimum atomic E-state index is -0.328. The summed E-state index contributed by atoms with van der Waals surface area (Å²) in [6, 6.07) is 6.98. The van der Waals surface area contributed by atoms with Gasteiger partial charge in [-0.3, -0.25) is 0 Å². The molecule has 2 aromatic rings. The summed E-state index contributed by atoms with van der Waals surface area (Å²) in [6.07, 6.45) is 0. The van der Waals surface area contributed by atoms with Gasteiger partial charge >= 0.3 is 0 Å². The smallest absolute Gasteiger partial charge is 0.137 e. The van der Waals surface area contributed by atoms with E-state index in [0.717, 1.165) is 14.9 Å². The van der Waals surface area contributed by atoms with E-state index in [1.54, 1.807) is 17.4 Å². The fourth-order valence-corrected chi connectivity index (χ4v) is 4.15. The molecule has 0 saturated heterocycles. The molecule has 5 heteroatoms. The minimum Gasteiger partial charge on any atom is -0.206 e. The first-order valence-electron chi connectivity index (χ1n) is 4.84. The molecule has 90 valence electrons. The Morgan fingerprint density at radius 1 is 1.24 bits per heavy atom. The Morgan fingerprint density at radius 3 is 2.47 bits per heavy atom. The van der Waals surface area contributed by atoms with Gasteiger partial charge in [-0.05, 0) is 62.5 Å². The highest BCUT2D eigenvalue weighted by molar-refractivity contribution is 9.10. The molecule has 0 saturated carbocycles. The molecule has 1 aromatic carbocycles. The monoisotopic (exact) mass is 396 g/mol. The molecule has 0 nitrogen and oxygen atoms in total. The van der Waals surface area contributed by atoms with Crippen LogP contribution in [0.4, 0.5) is 4.39 Å². The summed E-state index contributed by atoms with van der Waals surface area (Å²) in [5.41, 5.74) is 0.759. The molecule has 0 aliphatic heterocycles. The Bertz CT molecular complexity index is 553. The van der Waals surface area contributed by atoms with Crippen LogP contribution in [0.15, 0.2) is 33.2 Å². The highest BCUT2D eigenvalue weighted by Crippen LogP contribution is 2.39. The maximum absolute atomic E-state index is 13.4. The van der Waals surface area contributed by atoms with E-state index in [2.05, 4.69) is 31.9 Å². The van der Waals surface area contributed by atoms with Crippen molar-refractivity contribution in [2.24, 2.45) is 0 Å². The van der Waals surface area contributed by atoms with Crippen LogP contribution in [0.25, 0.3) is 0 Å². The van der Waals surface area contributed by atoms with Crippen molar-refractivity contribution in [3.63, 3.8) is 0 Å². The molecule has 1 atom stereocenters. The molecule has 0 aliphatic carbocycles. The number of halogens is 4. The summed E-state index contributed by atoms with van der Waals surface area (Å²) in [7, 11) is 0. The van der Waals surface area contributed by atoms with Crippen molar-refractivity contribution >= 4 is 54.8 Å². The Morgan fingerprint density at radius 2 is 1.94 bits per heavy atom. The van der Waals surface area contributed by atoms with Crippen molar-refractivity contribution in [2.45, 2.75) is 12.3 Å². The van der Waals surface area contributed by atoms with Crippen LogP contribution >= 0.6 is 54.8 Å². The molecular weight excluding hydrogens is 390 g/mol. The van der Waals surface area contributed by atoms with Crippen molar-refractivity contribution in [3.8, 4) is 0 Å². The summed E-state index contributed by atoms with van der Waals surface area (Å²) in [5.74, 6) is -0.294. The molecule has 0 amide bonds. The molecule has 1 aromatic heterocycles. The largest absolute Gasteiger partial charge is 0.206 e. The van der Waals surface area contributed by atoms with Crippen LogP contribution < -0.4 is 0 Å². The zero-order valence-corrected chi connectivity index (χ0v) is 13.6. The average Bonchev–Trinajstić information content (AvgIpc) is 2.61. The van der Waals surface area contributed by atoms with E-state index in [0.29, 0.717) is 4.47 Å². The number of aryl methyl sites for hydroxylation is 1. The lowest BCUT2D eigenvalue weighted by atomic mass is 10.1. The third kappa shape index (κ3) is 2.92. The lowest BCUT2D eigenvalue weighted by Gasteiger charge is -2.09. The van der Waals surface area contributed by atoms with Crippen LogP contribution in [-0.2, 0) is 0 Å². The van der Waals surface area contributed by atoms with Crippen LogP contribution in [0, 0.1) is 12.7 Å². The first-order chi connectivity index (χ1) is 7.99. The van der Waals surface area contributed by atoms with E-state index >= 15 is 0 Å². The normalized spacial score (nSPS) is 12.8. The van der Waals surface area contributed by atoms with Gasteiger partial charge in [0.1, 0.15) is 5.82 Å². The van der Waals surface area contributed by atoms with Gasteiger partial charge in [-0.2, -0.15) is 0 Å². The van der Waals surface area contributed by atoms with Crippen LogP contribution in [0.1, 0.15) is 20.7 Å². The summed E-state index contributed by atoms with van der Waals surface area (Å²) in [5, 5.41) is -0.328. The second-order valence-corrected chi connectivity index (χ2v) is 7.04.